The predicted octanol–water partition coefficient (Wildman–Crippen LogP) is 15.9. The van der Waals surface area contributed by atoms with Crippen molar-refractivity contribution in [2.75, 3.05) is 0 Å². The largest absolute Gasteiger partial charge is 0.246 e. The summed E-state index contributed by atoms with van der Waals surface area (Å²) in [4.78, 5) is 21.5. The molecular weight excluding hydrogens is 801 g/mol. The second-order valence-electron chi connectivity index (χ2n) is 16.2. The maximum absolute atomic E-state index is 5.65. The van der Waals surface area contributed by atoms with E-state index in [1.165, 1.54) is 0 Å². The van der Waals surface area contributed by atoms with Gasteiger partial charge in [-0.05, 0) is 63.2 Å². The molecule has 0 spiro atoms. The standard InChI is InChI=1S/C62H42N4/c1-8-23-43(24-9-1)52-40-53(44-25-10-2-11-26-44)42-54(41-52)62-65-60(49-35-20-7-21-36-49)64-61(66-62)51-38-22-37-50(39-51)55-56(45-27-12-3-13-28-45)58(47-31-16-5-17-32-47)63-59(48-33-18-6-19-34-48)57(55)46-29-14-4-15-30-46/h1-42H. The van der Waals surface area contributed by atoms with E-state index in [0.717, 1.165) is 94.8 Å². The van der Waals surface area contributed by atoms with Gasteiger partial charge in [0.1, 0.15) is 0 Å². The van der Waals surface area contributed by atoms with Gasteiger partial charge in [-0.25, -0.2) is 19.9 Å². The molecule has 0 N–H and O–H groups in total. The molecule has 0 saturated carbocycles. The van der Waals surface area contributed by atoms with Crippen molar-refractivity contribution in [2.24, 2.45) is 0 Å². The highest BCUT2D eigenvalue weighted by Gasteiger charge is 2.26. The fourth-order valence-electron chi connectivity index (χ4n) is 8.77. The minimum atomic E-state index is 0.579. The molecule has 0 unspecified atom stereocenters. The summed E-state index contributed by atoms with van der Waals surface area (Å²) in [6, 6.07) is 88.8. The molecule has 0 saturated heterocycles. The highest BCUT2D eigenvalue weighted by Crippen LogP contribution is 2.49. The third kappa shape index (κ3) is 8.11. The summed E-state index contributed by atoms with van der Waals surface area (Å²) in [5.74, 6) is 1.77. The number of rotatable bonds is 10. The Kier molecular flexibility index (Phi) is 10.9. The van der Waals surface area contributed by atoms with Gasteiger partial charge in [-0.2, -0.15) is 0 Å². The zero-order valence-electron chi connectivity index (χ0n) is 36.0. The van der Waals surface area contributed by atoms with Crippen molar-refractivity contribution < 1.29 is 0 Å². The fraction of sp³-hybridized carbons (Fsp3) is 0. The molecule has 0 atom stereocenters. The van der Waals surface area contributed by atoms with E-state index in [-0.39, 0.29) is 0 Å². The first-order valence-electron chi connectivity index (χ1n) is 22.2. The number of hydrogen-bond acceptors (Lipinski definition) is 4. The van der Waals surface area contributed by atoms with Gasteiger partial charge in [0.25, 0.3) is 0 Å². The van der Waals surface area contributed by atoms with Crippen LogP contribution in [0.4, 0.5) is 0 Å². The van der Waals surface area contributed by atoms with Crippen LogP contribution < -0.4 is 0 Å². The van der Waals surface area contributed by atoms with Gasteiger partial charge in [-0.1, -0.05) is 231 Å². The van der Waals surface area contributed by atoms with Crippen LogP contribution in [-0.4, -0.2) is 19.9 Å². The SMILES string of the molecule is c1ccc(-c2cc(-c3ccccc3)cc(-c3nc(-c4ccccc4)nc(-c4cccc(-c5c(-c6ccccc6)c(-c6ccccc6)nc(-c6ccccc6)c5-c5ccccc5)c4)n3)c2)cc1. The van der Waals surface area contributed by atoms with Crippen molar-refractivity contribution in [3.8, 4) is 112 Å². The van der Waals surface area contributed by atoms with Gasteiger partial charge < -0.3 is 0 Å². The molecule has 0 bridgehead atoms. The van der Waals surface area contributed by atoms with Crippen LogP contribution in [-0.2, 0) is 0 Å². The Morgan fingerprint density at radius 1 is 0.167 bits per heavy atom. The summed E-state index contributed by atoms with van der Waals surface area (Å²) < 4.78 is 0. The zero-order chi connectivity index (χ0) is 44.1. The number of aromatic nitrogens is 4. The van der Waals surface area contributed by atoms with Gasteiger partial charge in [-0.3, -0.25) is 0 Å². The molecule has 2 aromatic heterocycles. The molecule has 0 aliphatic heterocycles. The lowest BCUT2D eigenvalue weighted by atomic mass is 9.83. The monoisotopic (exact) mass is 842 g/mol. The summed E-state index contributed by atoms with van der Waals surface area (Å²) >= 11 is 0. The summed E-state index contributed by atoms with van der Waals surface area (Å²) in [5.41, 5.74) is 17.3. The van der Waals surface area contributed by atoms with E-state index in [9.17, 15) is 0 Å². The third-order valence-electron chi connectivity index (χ3n) is 11.9. The Labute approximate surface area is 385 Å². The third-order valence-corrected chi connectivity index (χ3v) is 11.9. The van der Waals surface area contributed by atoms with E-state index < -0.39 is 0 Å². The minimum absolute atomic E-state index is 0.579. The molecule has 4 heteroatoms. The smallest absolute Gasteiger partial charge is 0.164 e. The average molecular weight is 843 g/mol. The molecule has 0 fully saturated rings. The highest BCUT2D eigenvalue weighted by atomic mass is 15.0. The summed E-state index contributed by atoms with van der Waals surface area (Å²) in [6.45, 7) is 0. The van der Waals surface area contributed by atoms with Gasteiger partial charge >= 0.3 is 0 Å². The second-order valence-corrected chi connectivity index (χ2v) is 16.2. The molecule has 66 heavy (non-hydrogen) atoms. The van der Waals surface area contributed by atoms with Crippen LogP contribution in [0.5, 0.6) is 0 Å². The van der Waals surface area contributed by atoms with Gasteiger partial charge in [0.2, 0.25) is 0 Å². The molecule has 0 aliphatic rings. The second kappa shape index (κ2) is 18.1. The molecule has 9 aromatic carbocycles. The maximum atomic E-state index is 5.65. The minimum Gasteiger partial charge on any atom is -0.246 e. The van der Waals surface area contributed by atoms with Crippen molar-refractivity contribution in [3.05, 3.63) is 255 Å². The highest BCUT2D eigenvalue weighted by molar-refractivity contribution is 6.05. The lowest BCUT2D eigenvalue weighted by molar-refractivity contribution is 1.07. The van der Waals surface area contributed by atoms with E-state index >= 15 is 0 Å². The molecule has 0 amide bonds. The Bertz CT molecular complexity index is 3260. The summed E-state index contributed by atoms with van der Waals surface area (Å²) in [6.07, 6.45) is 0. The first-order chi connectivity index (χ1) is 32.7. The summed E-state index contributed by atoms with van der Waals surface area (Å²) in [5, 5.41) is 0. The Balaban J connectivity index is 1.18. The van der Waals surface area contributed by atoms with Gasteiger partial charge in [-0.15, -0.1) is 0 Å². The van der Waals surface area contributed by atoms with Crippen LogP contribution in [0, 0.1) is 0 Å². The first-order valence-corrected chi connectivity index (χ1v) is 22.2. The molecular formula is C62H42N4. The lowest BCUT2D eigenvalue weighted by Crippen LogP contribution is -2.02. The van der Waals surface area contributed by atoms with Crippen molar-refractivity contribution in [1.29, 1.82) is 0 Å². The van der Waals surface area contributed by atoms with Crippen LogP contribution in [0.3, 0.4) is 0 Å². The van der Waals surface area contributed by atoms with Crippen LogP contribution in [0.25, 0.3) is 112 Å². The average Bonchev–Trinajstić information content (AvgIpc) is 3.41. The van der Waals surface area contributed by atoms with E-state index in [1.54, 1.807) is 0 Å². The van der Waals surface area contributed by atoms with Crippen LogP contribution in [0.1, 0.15) is 0 Å². The molecule has 4 nitrogen and oxygen atoms in total. The molecule has 310 valence electrons. The zero-order valence-corrected chi connectivity index (χ0v) is 36.0. The predicted molar refractivity (Wildman–Crippen MR) is 272 cm³/mol. The quantitative estimate of drug-likeness (QED) is 0.138. The lowest BCUT2D eigenvalue weighted by Gasteiger charge is -2.23. The fourth-order valence-corrected chi connectivity index (χ4v) is 8.77. The maximum Gasteiger partial charge on any atom is 0.164 e. The van der Waals surface area contributed by atoms with E-state index in [2.05, 4.69) is 224 Å². The molecule has 11 aromatic rings. The van der Waals surface area contributed by atoms with Crippen LogP contribution in [0.15, 0.2) is 255 Å². The molecule has 0 radical (unpaired) electrons. The van der Waals surface area contributed by atoms with Crippen molar-refractivity contribution >= 4 is 0 Å². The van der Waals surface area contributed by atoms with Gasteiger partial charge in [0.15, 0.2) is 17.5 Å². The molecule has 11 rings (SSSR count). The van der Waals surface area contributed by atoms with Gasteiger partial charge in [0.05, 0.1) is 11.4 Å². The molecule has 2 heterocycles. The number of nitrogens with zero attached hydrogens (tertiary/aromatic N) is 4. The topological polar surface area (TPSA) is 51.6 Å². The molecule has 0 aliphatic carbocycles. The Morgan fingerprint density at radius 3 is 0.879 bits per heavy atom. The van der Waals surface area contributed by atoms with Crippen LogP contribution >= 0.6 is 0 Å². The summed E-state index contributed by atoms with van der Waals surface area (Å²) in [7, 11) is 0. The Morgan fingerprint density at radius 2 is 0.455 bits per heavy atom. The van der Waals surface area contributed by atoms with E-state index in [1.807, 2.05) is 30.3 Å². The number of hydrogen-bond donors (Lipinski definition) is 0. The number of pyridine rings is 1. The van der Waals surface area contributed by atoms with Crippen molar-refractivity contribution in [2.45, 2.75) is 0 Å². The normalized spacial score (nSPS) is 11.0. The first kappa shape index (κ1) is 40.0. The number of benzene rings is 9. The van der Waals surface area contributed by atoms with Crippen LogP contribution in [0.2, 0.25) is 0 Å². The Hall–Kier alpha value is -8.86. The van der Waals surface area contributed by atoms with E-state index in [4.69, 9.17) is 19.9 Å². The van der Waals surface area contributed by atoms with E-state index in [0.29, 0.717) is 17.5 Å². The van der Waals surface area contributed by atoms with Gasteiger partial charge in [0, 0.05) is 44.5 Å². The van der Waals surface area contributed by atoms with Crippen molar-refractivity contribution in [3.63, 3.8) is 0 Å². The van der Waals surface area contributed by atoms with Crippen molar-refractivity contribution in [1.82, 2.24) is 19.9 Å².